The molecule has 0 spiro atoms. The summed E-state index contributed by atoms with van der Waals surface area (Å²) in [7, 11) is 0. The Kier molecular flexibility index (Phi) is 29.8. The molecule has 0 N–H and O–H groups in total. The maximum Gasteiger partial charge on any atom is 0.200 e. The third-order valence-corrected chi connectivity index (χ3v) is 12.0. The summed E-state index contributed by atoms with van der Waals surface area (Å²) in [5.74, 6) is 5.36. The van der Waals surface area contributed by atoms with Crippen LogP contribution in [-0.4, -0.2) is 25.8 Å². The van der Waals surface area contributed by atoms with E-state index in [2.05, 4.69) is 158 Å². The molecule has 4 atom stereocenters. The Balaban J connectivity index is 0.000000464. The summed E-state index contributed by atoms with van der Waals surface area (Å²) in [5, 5.41) is 0. The predicted molar refractivity (Wildman–Crippen MR) is 272 cm³/mol. The van der Waals surface area contributed by atoms with Gasteiger partial charge in [-0.05, 0) is 115 Å². The first-order chi connectivity index (χ1) is 30.7. The van der Waals surface area contributed by atoms with Crippen molar-refractivity contribution in [2.45, 2.75) is 197 Å². The Morgan fingerprint density at radius 3 is 1.38 bits per heavy atom. The van der Waals surface area contributed by atoms with Crippen molar-refractivity contribution in [3.63, 3.8) is 0 Å². The van der Waals surface area contributed by atoms with Gasteiger partial charge >= 0.3 is 0 Å². The van der Waals surface area contributed by atoms with Gasteiger partial charge in [0, 0.05) is 25.4 Å². The third kappa shape index (κ3) is 21.8. The zero-order chi connectivity index (χ0) is 46.2. The Hall–Kier alpha value is -3.60. The fourth-order valence-corrected chi connectivity index (χ4v) is 8.74. The number of hydrogen-bond donors (Lipinski definition) is 0. The van der Waals surface area contributed by atoms with Crippen molar-refractivity contribution in [1.82, 2.24) is 0 Å². The second-order valence-electron chi connectivity index (χ2n) is 17.7. The van der Waals surface area contributed by atoms with E-state index in [1.807, 2.05) is 34.6 Å². The molecule has 1 fully saturated rings. The summed E-state index contributed by atoms with van der Waals surface area (Å²) in [6.45, 7) is 27.3. The quantitative estimate of drug-likeness (QED) is 0.0658. The molecule has 4 heteroatoms. The van der Waals surface area contributed by atoms with Gasteiger partial charge in [-0.15, -0.1) is 0 Å². The zero-order valence-electron chi connectivity index (χ0n) is 42.3. The van der Waals surface area contributed by atoms with Crippen LogP contribution >= 0.6 is 0 Å². The van der Waals surface area contributed by atoms with E-state index >= 15 is 0 Å². The van der Waals surface area contributed by atoms with E-state index in [1.54, 1.807) is 0 Å². The molecule has 4 unspecified atom stereocenters. The average Bonchev–Trinajstić information content (AvgIpc) is 3.32. The molecule has 1 saturated carbocycles. The lowest BCUT2D eigenvalue weighted by molar-refractivity contribution is -0.0904. The summed E-state index contributed by atoms with van der Waals surface area (Å²) < 4.78 is 24.8. The Morgan fingerprint density at radius 1 is 0.492 bits per heavy atom. The average molecular weight is 865 g/mol. The second-order valence-corrected chi connectivity index (χ2v) is 17.7. The molecule has 4 aromatic carbocycles. The van der Waals surface area contributed by atoms with Crippen LogP contribution in [0, 0.1) is 17.8 Å². The normalized spacial score (nSPS) is 14.6. The first-order valence-electron chi connectivity index (χ1n) is 25.6. The molecule has 4 nitrogen and oxygen atoms in total. The maximum absolute atomic E-state index is 6.60. The standard InChI is InChI=1S/C36H48O2.C19H32O2.2C2H6/c1-4-30(26-28(2)3)31-20-22-34(23-21-31)38-36(37-25-24-29-14-8-5-9-15-29)27-35(32-16-10-6-11-17-32)33-18-12-7-13-19-33;1-6-9-16(7-2)17-10-12-18(13-11-17)21-19(20-8-3)14-15(4)5;2*1-2/h6-7,10-13,16-23,28-30,35-36H,4-5,8-9,14-15,24-27H2,1-3H3;10-13,15-16,19H,6-9,14H2,1-5H3;2*1-2H3. The van der Waals surface area contributed by atoms with E-state index in [4.69, 9.17) is 18.9 Å². The van der Waals surface area contributed by atoms with Crippen LogP contribution in [0.2, 0.25) is 0 Å². The maximum atomic E-state index is 6.60. The van der Waals surface area contributed by atoms with E-state index in [-0.39, 0.29) is 18.5 Å². The zero-order valence-corrected chi connectivity index (χ0v) is 42.3. The molecule has 0 aromatic heterocycles. The minimum absolute atomic E-state index is 0.140. The monoisotopic (exact) mass is 865 g/mol. The highest BCUT2D eigenvalue weighted by Gasteiger charge is 2.24. The SMILES string of the molecule is CC.CC.CCC(CC(C)C)c1ccc(OC(CC(c2ccccc2)c2ccccc2)OCCC2CCCCC2)cc1.CCCC(CC)c1ccc(OC(CC(C)C)OCC)cc1. The van der Waals surface area contributed by atoms with Crippen molar-refractivity contribution in [2.75, 3.05) is 13.2 Å². The fourth-order valence-electron chi connectivity index (χ4n) is 8.74. The Labute approximate surface area is 388 Å². The van der Waals surface area contributed by atoms with Gasteiger partial charge in [0.2, 0.25) is 6.29 Å². The van der Waals surface area contributed by atoms with Crippen LogP contribution < -0.4 is 9.47 Å². The number of rotatable bonds is 24. The largest absolute Gasteiger partial charge is 0.465 e. The lowest BCUT2D eigenvalue weighted by Gasteiger charge is -2.27. The summed E-state index contributed by atoms with van der Waals surface area (Å²) in [4.78, 5) is 0. The van der Waals surface area contributed by atoms with Gasteiger partial charge in [0.05, 0.1) is 6.61 Å². The van der Waals surface area contributed by atoms with Crippen LogP contribution in [0.15, 0.2) is 109 Å². The molecule has 0 aliphatic heterocycles. The van der Waals surface area contributed by atoms with Crippen LogP contribution in [0.25, 0.3) is 0 Å². The Morgan fingerprint density at radius 2 is 0.952 bits per heavy atom. The van der Waals surface area contributed by atoms with Crippen LogP contribution in [0.5, 0.6) is 11.5 Å². The van der Waals surface area contributed by atoms with E-state index < -0.39 is 0 Å². The minimum atomic E-state index is -0.299. The highest BCUT2D eigenvalue weighted by Crippen LogP contribution is 2.34. The highest BCUT2D eigenvalue weighted by atomic mass is 16.7. The summed E-state index contributed by atoms with van der Waals surface area (Å²) in [6.07, 6.45) is 15.3. The molecule has 0 saturated heterocycles. The lowest BCUT2D eigenvalue weighted by atomic mass is 9.87. The van der Waals surface area contributed by atoms with Gasteiger partial charge in [0.1, 0.15) is 11.5 Å². The van der Waals surface area contributed by atoms with E-state index in [1.165, 1.54) is 86.5 Å². The van der Waals surface area contributed by atoms with Crippen molar-refractivity contribution in [3.05, 3.63) is 131 Å². The van der Waals surface area contributed by atoms with Crippen LogP contribution in [0.4, 0.5) is 0 Å². The summed E-state index contributed by atoms with van der Waals surface area (Å²) >= 11 is 0. The molecule has 1 aliphatic rings. The van der Waals surface area contributed by atoms with Crippen molar-refractivity contribution in [3.8, 4) is 11.5 Å². The molecular formula is C59H92O4. The lowest BCUT2D eigenvalue weighted by Crippen LogP contribution is -2.25. The highest BCUT2D eigenvalue weighted by molar-refractivity contribution is 5.33. The number of ether oxygens (including phenoxy) is 4. The van der Waals surface area contributed by atoms with Gasteiger partial charge in [0.25, 0.3) is 0 Å². The Bertz CT molecular complexity index is 1570. The number of benzene rings is 4. The molecule has 63 heavy (non-hydrogen) atoms. The molecule has 0 radical (unpaired) electrons. The number of hydrogen-bond acceptors (Lipinski definition) is 4. The van der Waals surface area contributed by atoms with Crippen LogP contribution in [0.3, 0.4) is 0 Å². The molecular weight excluding hydrogens is 773 g/mol. The van der Waals surface area contributed by atoms with Crippen molar-refractivity contribution < 1.29 is 18.9 Å². The van der Waals surface area contributed by atoms with E-state index in [0.29, 0.717) is 30.3 Å². The molecule has 0 amide bonds. The molecule has 352 valence electrons. The van der Waals surface area contributed by atoms with Crippen molar-refractivity contribution >= 4 is 0 Å². The molecule has 5 rings (SSSR count). The van der Waals surface area contributed by atoms with Crippen LogP contribution in [0.1, 0.15) is 207 Å². The predicted octanol–water partition coefficient (Wildman–Crippen LogP) is 18.0. The molecule has 0 bridgehead atoms. The summed E-state index contributed by atoms with van der Waals surface area (Å²) in [6, 6.07) is 39.0. The minimum Gasteiger partial charge on any atom is -0.465 e. The topological polar surface area (TPSA) is 36.9 Å². The van der Waals surface area contributed by atoms with E-state index in [9.17, 15) is 0 Å². The van der Waals surface area contributed by atoms with Gasteiger partial charge in [-0.25, -0.2) is 0 Å². The van der Waals surface area contributed by atoms with E-state index in [0.717, 1.165) is 43.3 Å². The molecule has 4 aromatic rings. The first kappa shape index (κ1) is 55.5. The van der Waals surface area contributed by atoms with Crippen molar-refractivity contribution in [2.24, 2.45) is 17.8 Å². The molecule has 0 heterocycles. The van der Waals surface area contributed by atoms with Gasteiger partial charge < -0.3 is 18.9 Å². The van der Waals surface area contributed by atoms with Gasteiger partial charge in [0.15, 0.2) is 6.29 Å². The molecule has 1 aliphatic carbocycles. The van der Waals surface area contributed by atoms with Crippen LogP contribution in [-0.2, 0) is 9.47 Å². The van der Waals surface area contributed by atoms with Gasteiger partial charge in [-0.3, -0.25) is 0 Å². The first-order valence-corrected chi connectivity index (χ1v) is 25.6. The van der Waals surface area contributed by atoms with Gasteiger partial charge in [-0.1, -0.05) is 200 Å². The second kappa shape index (κ2) is 33.8. The van der Waals surface area contributed by atoms with Gasteiger partial charge in [-0.2, -0.15) is 0 Å². The van der Waals surface area contributed by atoms with Crippen molar-refractivity contribution in [1.29, 1.82) is 0 Å². The fraction of sp³-hybridized carbons (Fsp3) is 0.593. The third-order valence-electron chi connectivity index (χ3n) is 12.0. The smallest absolute Gasteiger partial charge is 0.200 e. The summed E-state index contributed by atoms with van der Waals surface area (Å²) in [5.41, 5.74) is 5.44.